The van der Waals surface area contributed by atoms with E-state index in [1.54, 1.807) is 10.9 Å². The maximum Gasteiger partial charge on any atom is 0.244 e. The highest BCUT2D eigenvalue weighted by Gasteiger charge is 2.24. The Kier molecular flexibility index (Phi) is 6.23. The zero-order chi connectivity index (χ0) is 16.8. The van der Waals surface area contributed by atoms with E-state index >= 15 is 0 Å². The Hall–Kier alpha value is -1.44. The van der Waals surface area contributed by atoms with Crippen molar-refractivity contribution in [2.24, 2.45) is 5.92 Å². The number of hydrogen-bond donors (Lipinski definition) is 1. The summed E-state index contributed by atoms with van der Waals surface area (Å²) in [7, 11) is 0. The molecule has 0 bridgehead atoms. The van der Waals surface area contributed by atoms with Crippen LogP contribution in [0.5, 0.6) is 0 Å². The molecule has 0 spiro atoms. The highest BCUT2D eigenvalue weighted by atomic mass is 16.5. The number of carbonyl (C=O) groups excluding carboxylic acids is 1. The molecule has 0 aliphatic carbocycles. The molecular weight excluding hydrogens is 306 g/mol. The van der Waals surface area contributed by atoms with Crippen LogP contribution in [0.3, 0.4) is 0 Å². The molecule has 2 fully saturated rings. The van der Waals surface area contributed by atoms with Crippen LogP contribution in [-0.4, -0.2) is 84.5 Å². The Labute approximate surface area is 143 Å². The summed E-state index contributed by atoms with van der Waals surface area (Å²) in [5.74, 6) is 0.605. The molecule has 0 aromatic carbocycles. The number of rotatable bonds is 7. The summed E-state index contributed by atoms with van der Waals surface area (Å²) < 4.78 is 7.08. The molecule has 3 rings (SSSR count). The summed E-state index contributed by atoms with van der Waals surface area (Å²) in [5.41, 5.74) is 0. The second-order valence-corrected chi connectivity index (χ2v) is 6.82. The maximum atomic E-state index is 12.2. The van der Waals surface area contributed by atoms with Gasteiger partial charge in [-0.1, -0.05) is 0 Å². The molecule has 2 aliphatic rings. The molecule has 2 saturated heterocycles. The summed E-state index contributed by atoms with van der Waals surface area (Å²) in [6.07, 6.45) is 4.69. The highest BCUT2D eigenvalue weighted by Crippen LogP contribution is 2.15. The fraction of sp³-hybridized carbons (Fsp3) is 0.765. The van der Waals surface area contributed by atoms with E-state index in [4.69, 9.17) is 4.74 Å². The number of likely N-dealkylation sites (tertiary alicyclic amines) is 1. The molecule has 3 heterocycles. The quantitative estimate of drug-likeness (QED) is 0.772. The number of nitrogens with one attached hydrogen (secondary N) is 1. The van der Waals surface area contributed by atoms with Gasteiger partial charge in [-0.15, -0.1) is 0 Å². The lowest BCUT2D eigenvalue weighted by molar-refractivity contribution is -0.124. The number of ether oxygens (including phenoxy) is 1. The third-order valence-corrected chi connectivity index (χ3v) is 5.07. The van der Waals surface area contributed by atoms with Crippen LogP contribution in [0.25, 0.3) is 0 Å². The Bertz CT molecular complexity index is 501. The number of morpholine rings is 1. The van der Waals surface area contributed by atoms with Crippen molar-refractivity contribution in [2.45, 2.75) is 19.4 Å². The van der Waals surface area contributed by atoms with Crippen molar-refractivity contribution in [3.8, 4) is 0 Å². The van der Waals surface area contributed by atoms with E-state index in [1.165, 1.54) is 6.42 Å². The SMILES string of the molecule is C[C@@H](C(=O)NC[C@@H]1CCN(CCN2CCOCC2)C1)n1cccn1. The predicted molar refractivity (Wildman–Crippen MR) is 91.8 cm³/mol. The molecule has 1 aromatic rings. The van der Waals surface area contributed by atoms with Crippen LogP contribution in [0, 0.1) is 5.92 Å². The van der Waals surface area contributed by atoms with Gasteiger partial charge in [-0.25, -0.2) is 0 Å². The van der Waals surface area contributed by atoms with Crippen LogP contribution >= 0.6 is 0 Å². The summed E-state index contributed by atoms with van der Waals surface area (Å²) in [6.45, 7) is 10.9. The minimum absolute atomic E-state index is 0.0467. The lowest BCUT2D eigenvalue weighted by atomic mass is 10.1. The summed E-state index contributed by atoms with van der Waals surface area (Å²) in [5, 5.41) is 7.22. The number of carbonyl (C=O) groups is 1. The zero-order valence-electron chi connectivity index (χ0n) is 14.6. The second-order valence-electron chi connectivity index (χ2n) is 6.82. The predicted octanol–water partition coefficient (Wildman–Crippen LogP) is 0.214. The normalized spacial score (nSPS) is 24.1. The Morgan fingerprint density at radius 1 is 1.29 bits per heavy atom. The van der Waals surface area contributed by atoms with Gasteiger partial charge in [-0.2, -0.15) is 5.10 Å². The van der Waals surface area contributed by atoms with E-state index in [1.807, 2.05) is 19.2 Å². The summed E-state index contributed by atoms with van der Waals surface area (Å²) in [6, 6.07) is 1.59. The van der Waals surface area contributed by atoms with E-state index in [0.717, 1.165) is 59.0 Å². The van der Waals surface area contributed by atoms with Gasteiger partial charge in [0.1, 0.15) is 6.04 Å². The van der Waals surface area contributed by atoms with Gasteiger partial charge in [-0.3, -0.25) is 14.4 Å². The Morgan fingerprint density at radius 3 is 2.83 bits per heavy atom. The Morgan fingerprint density at radius 2 is 2.08 bits per heavy atom. The molecule has 1 amide bonds. The summed E-state index contributed by atoms with van der Waals surface area (Å²) >= 11 is 0. The van der Waals surface area contributed by atoms with Crippen LogP contribution in [0.2, 0.25) is 0 Å². The number of hydrogen-bond acceptors (Lipinski definition) is 5. The van der Waals surface area contributed by atoms with Crippen LogP contribution in [0.15, 0.2) is 18.5 Å². The number of amides is 1. The third-order valence-electron chi connectivity index (χ3n) is 5.07. The van der Waals surface area contributed by atoms with Gasteiger partial charge in [0.2, 0.25) is 5.91 Å². The van der Waals surface area contributed by atoms with Gasteiger partial charge in [0.25, 0.3) is 0 Å². The van der Waals surface area contributed by atoms with E-state index in [2.05, 4.69) is 20.2 Å². The van der Waals surface area contributed by atoms with Crippen LogP contribution < -0.4 is 5.32 Å². The second kappa shape index (κ2) is 8.60. The monoisotopic (exact) mass is 335 g/mol. The number of aromatic nitrogens is 2. The fourth-order valence-electron chi connectivity index (χ4n) is 3.41. The van der Waals surface area contributed by atoms with E-state index in [-0.39, 0.29) is 11.9 Å². The van der Waals surface area contributed by atoms with Gasteiger partial charge < -0.3 is 15.0 Å². The van der Waals surface area contributed by atoms with Crippen LogP contribution in [-0.2, 0) is 9.53 Å². The van der Waals surface area contributed by atoms with E-state index in [0.29, 0.717) is 5.92 Å². The van der Waals surface area contributed by atoms with Crippen molar-refractivity contribution in [2.75, 3.05) is 59.0 Å². The Balaban J connectivity index is 1.33. The van der Waals surface area contributed by atoms with Crippen LogP contribution in [0.1, 0.15) is 19.4 Å². The molecule has 2 atom stereocenters. The van der Waals surface area contributed by atoms with Crippen molar-refractivity contribution < 1.29 is 9.53 Å². The minimum atomic E-state index is -0.251. The van der Waals surface area contributed by atoms with Crippen LogP contribution in [0.4, 0.5) is 0 Å². The smallest absolute Gasteiger partial charge is 0.244 e. The molecule has 0 radical (unpaired) electrons. The standard InChI is InChI=1S/C17H29N5O2/c1-15(22-5-2-4-19-22)17(23)18-13-16-3-6-21(14-16)8-7-20-9-11-24-12-10-20/h2,4-5,15-16H,3,6-14H2,1H3,(H,18,23)/t15-,16-/m0/s1. The first kappa shape index (κ1) is 17.4. The highest BCUT2D eigenvalue weighted by molar-refractivity contribution is 5.79. The van der Waals surface area contributed by atoms with Crippen molar-refractivity contribution in [1.82, 2.24) is 24.9 Å². The van der Waals surface area contributed by atoms with Crippen molar-refractivity contribution in [1.29, 1.82) is 0 Å². The molecule has 0 unspecified atom stereocenters. The number of nitrogens with zero attached hydrogens (tertiary/aromatic N) is 4. The topological polar surface area (TPSA) is 62.6 Å². The zero-order valence-corrected chi connectivity index (χ0v) is 14.6. The van der Waals surface area contributed by atoms with Gasteiger partial charge in [0.05, 0.1) is 13.2 Å². The molecule has 7 nitrogen and oxygen atoms in total. The minimum Gasteiger partial charge on any atom is -0.379 e. The first-order valence-corrected chi connectivity index (χ1v) is 9.01. The lowest BCUT2D eigenvalue weighted by Gasteiger charge is -2.28. The van der Waals surface area contributed by atoms with E-state index in [9.17, 15) is 4.79 Å². The van der Waals surface area contributed by atoms with Crippen molar-refractivity contribution >= 4 is 5.91 Å². The average molecular weight is 335 g/mol. The molecule has 2 aliphatic heterocycles. The van der Waals surface area contributed by atoms with Gasteiger partial charge in [0, 0.05) is 51.7 Å². The van der Waals surface area contributed by atoms with Gasteiger partial charge >= 0.3 is 0 Å². The molecule has 0 saturated carbocycles. The largest absolute Gasteiger partial charge is 0.379 e. The first-order valence-electron chi connectivity index (χ1n) is 9.01. The van der Waals surface area contributed by atoms with Crippen molar-refractivity contribution in [3.63, 3.8) is 0 Å². The van der Waals surface area contributed by atoms with E-state index < -0.39 is 0 Å². The van der Waals surface area contributed by atoms with Gasteiger partial charge in [0.15, 0.2) is 0 Å². The fourth-order valence-corrected chi connectivity index (χ4v) is 3.41. The van der Waals surface area contributed by atoms with Crippen molar-refractivity contribution in [3.05, 3.63) is 18.5 Å². The molecule has 1 N–H and O–H groups in total. The molecule has 134 valence electrons. The molecule has 1 aromatic heterocycles. The average Bonchev–Trinajstić information content (AvgIpc) is 3.30. The molecular formula is C17H29N5O2. The molecule has 24 heavy (non-hydrogen) atoms. The first-order chi connectivity index (χ1) is 11.7. The molecule has 7 heteroatoms. The van der Waals surface area contributed by atoms with Gasteiger partial charge in [-0.05, 0) is 31.9 Å². The third kappa shape index (κ3) is 4.78. The maximum absolute atomic E-state index is 12.2. The lowest BCUT2D eigenvalue weighted by Crippen LogP contribution is -2.41. The summed E-state index contributed by atoms with van der Waals surface area (Å²) in [4.78, 5) is 17.2.